The number of rotatable bonds is 7. The highest BCUT2D eigenvalue weighted by Gasteiger charge is 2.26. The highest BCUT2D eigenvalue weighted by Crippen LogP contribution is 2.38. The van der Waals surface area contributed by atoms with Crippen molar-refractivity contribution in [2.45, 2.75) is 20.5 Å². The summed E-state index contributed by atoms with van der Waals surface area (Å²) < 4.78 is 58.2. The van der Waals surface area contributed by atoms with E-state index in [-0.39, 0.29) is 27.3 Å². The Labute approximate surface area is 160 Å². The van der Waals surface area contributed by atoms with Gasteiger partial charge < -0.3 is 4.74 Å². The van der Waals surface area contributed by atoms with E-state index in [1.807, 2.05) is 0 Å². The summed E-state index contributed by atoms with van der Waals surface area (Å²) in [6.45, 7) is 0.614. The number of aromatic nitrogens is 3. The fourth-order valence-electron chi connectivity index (χ4n) is 2.19. The molecule has 6 nitrogen and oxygen atoms in total. The molecule has 0 amide bonds. The first-order valence-electron chi connectivity index (χ1n) is 7.40. The van der Waals surface area contributed by atoms with Crippen LogP contribution < -0.4 is 9.04 Å². The maximum Gasteiger partial charge on any atom is 0.388 e. The smallest absolute Gasteiger partial charge is 0.388 e. The van der Waals surface area contributed by atoms with E-state index in [1.165, 1.54) is 11.4 Å². The maximum atomic E-state index is 14.4. The quantitative estimate of drug-likeness (QED) is 0.664. The lowest BCUT2D eigenvalue weighted by atomic mass is 10.2. The summed E-state index contributed by atoms with van der Waals surface area (Å²) in [5, 5.41) is 3.52. The van der Waals surface area contributed by atoms with Crippen LogP contribution in [0.2, 0.25) is 10.0 Å². The number of hydrogen-bond acceptors (Lipinski definition) is 4. The molecule has 0 N–H and O–H groups in total. The number of nitrogens with zero attached hydrogens (tertiary/aromatic N) is 4. The van der Waals surface area contributed by atoms with Crippen LogP contribution in [0, 0.1) is 5.82 Å². The second-order valence-electron chi connectivity index (χ2n) is 4.90. The summed E-state index contributed by atoms with van der Waals surface area (Å²) >= 11 is 12.1. The topological polar surface area (TPSA) is 60.3 Å². The molecule has 0 spiro atoms. The normalized spacial score (nSPS) is 12.5. The molecule has 2 aromatic heterocycles. The average Bonchev–Trinajstić information content (AvgIpc) is 2.84. The molecule has 0 aliphatic rings. The molecule has 1 unspecified atom stereocenters. The van der Waals surface area contributed by atoms with Crippen LogP contribution in [0.1, 0.15) is 13.8 Å². The van der Waals surface area contributed by atoms with Crippen molar-refractivity contribution < 1.29 is 22.1 Å². The summed E-state index contributed by atoms with van der Waals surface area (Å²) in [5.74, 6) is -0.918. The molecule has 0 aliphatic heterocycles. The Morgan fingerprint density at radius 3 is 2.54 bits per heavy atom. The lowest BCUT2D eigenvalue weighted by Crippen LogP contribution is -2.28. The van der Waals surface area contributed by atoms with Crippen LogP contribution in [0.4, 0.5) is 19.0 Å². The third kappa shape index (κ3) is 4.07. The fourth-order valence-corrected chi connectivity index (χ4v) is 3.71. The number of hydrogen-bond donors (Lipinski definition) is 0. The van der Waals surface area contributed by atoms with Gasteiger partial charge in [-0.05, 0) is 13.0 Å². The van der Waals surface area contributed by atoms with Gasteiger partial charge in [-0.3, -0.25) is 4.31 Å². The number of anilines is 1. The van der Waals surface area contributed by atoms with Crippen LogP contribution >= 0.6 is 23.2 Å². The lowest BCUT2D eigenvalue weighted by molar-refractivity contribution is -0.0552. The number of ether oxygens (including phenoxy) is 1. The second kappa shape index (κ2) is 8.45. The van der Waals surface area contributed by atoms with E-state index in [1.54, 1.807) is 13.8 Å². The summed E-state index contributed by atoms with van der Waals surface area (Å²) in [5.41, 5.74) is -0.515. The Bertz CT molecular complexity index is 835. The molecule has 12 heteroatoms. The Morgan fingerprint density at radius 1 is 1.35 bits per heavy atom. The minimum Gasteiger partial charge on any atom is -0.416 e. The van der Waals surface area contributed by atoms with Crippen molar-refractivity contribution in [1.82, 2.24) is 14.8 Å². The fraction of sp³-hybridized carbons (Fsp3) is 0.429. The van der Waals surface area contributed by atoms with Crippen LogP contribution in [-0.4, -0.2) is 37.9 Å². The van der Waals surface area contributed by atoms with Crippen molar-refractivity contribution in [3.05, 3.63) is 21.9 Å². The number of alkyl halides is 2. The summed E-state index contributed by atoms with van der Waals surface area (Å²) in [7, 11) is -0.116. The average molecular weight is 431 g/mol. The molecule has 2 heterocycles. The summed E-state index contributed by atoms with van der Waals surface area (Å²) in [4.78, 5) is 4.10. The first-order chi connectivity index (χ1) is 12.2. The van der Waals surface area contributed by atoms with Gasteiger partial charge in [0.2, 0.25) is 5.88 Å². The maximum absolute atomic E-state index is 14.4. The lowest BCUT2D eigenvalue weighted by Gasteiger charge is -2.21. The van der Waals surface area contributed by atoms with Crippen molar-refractivity contribution in [3.8, 4) is 17.3 Å². The van der Waals surface area contributed by atoms with Gasteiger partial charge in [0.15, 0.2) is 11.6 Å². The van der Waals surface area contributed by atoms with Gasteiger partial charge >= 0.3 is 6.61 Å². The van der Waals surface area contributed by atoms with Gasteiger partial charge in [0, 0.05) is 19.3 Å². The molecule has 0 saturated heterocycles. The summed E-state index contributed by atoms with van der Waals surface area (Å²) in [6.07, 6.45) is 0. The van der Waals surface area contributed by atoms with Crippen molar-refractivity contribution in [3.63, 3.8) is 0 Å². The molecule has 0 saturated carbocycles. The Hall–Kier alpha value is -1.52. The SMILES string of the molecule is CCN(c1nc(-c2nn(C)c(OC(F)F)c2Cl)c(F)cc1Cl)S(=O)CC. The molecule has 0 radical (unpaired) electrons. The Kier molecular flexibility index (Phi) is 6.75. The number of pyridine rings is 1. The molecule has 2 aromatic rings. The van der Waals surface area contributed by atoms with E-state index < -0.39 is 29.3 Å². The van der Waals surface area contributed by atoms with Gasteiger partial charge in [-0.15, -0.1) is 0 Å². The van der Waals surface area contributed by atoms with E-state index in [2.05, 4.69) is 14.8 Å². The zero-order valence-corrected chi connectivity index (χ0v) is 16.3. The highest BCUT2D eigenvalue weighted by molar-refractivity contribution is 7.86. The largest absolute Gasteiger partial charge is 0.416 e. The Balaban J connectivity index is 2.61. The van der Waals surface area contributed by atoms with Gasteiger partial charge in [-0.1, -0.05) is 30.1 Å². The van der Waals surface area contributed by atoms with Crippen LogP contribution in [0.3, 0.4) is 0 Å². The van der Waals surface area contributed by atoms with Crippen molar-refractivity contribution in [2.24, 2.45) is 7.05 Å². The van der Waals surface area contributed by atoms with Crippen molar-refractivity contribution in [1.29, 1.82) is 0 Å². The minimum absolute atomic E-state index is 0.0500. The molecule has 0 aromatic carbocycles. The van der Waals surface area contributed by atoms with E-state index in [4.69, 9.17) is 23.2 Å². The molecule has 0 bridgehead atoms. The summed E-state index contributed by atoms with van der Waals surface area (Å²) in [6, 6.07) is 0.980. The molecule has 0 aliphatic carbocycles. The third-order valence-electron chi connectivity index (χ3n) is 3.29. The number of halogens is 5. The van der Waals surface area contributed by atoms with Crippen molar-refractivity contribution >= 4 is 40.0 Å². The number of aryl methyl sites for hydroxylation is 1. The zero-order chi connectivity index (χ0) is 19.6. The van der Waals surface area contributed by atoms with Crippen LogP contribution in [0.5, 0.6) is 5.88 Å². The highest BCUT2D eigenvalue weighted by atomic mass is 35.5. The van der Waals surface area contributed by atoms with E-state index in [0.29, 0.717) is 12.3 Å². The van der Waals surface area contributed by atoms with E-state index >= 15 is 0 Å². The standard InChI is InChI=1S/C14H15Cl2F3N4O2S/c1-4-23(26(24)5-2)12-7(15)6-8(17)10(20-12)11-9(16)13(22(3)21-11)25-14(18)19/h6,14H,4-5H2,1-3H3. The van der Waals surface area contributed by atoms with Gasteiger partial charge in [-0.25, -0.2) is 18.3 Å². The second-order valence-corrected chi connectivity index (χ2v) is 7.35. The molecule has 1 atom stereocenters. The predicted molar refractivity (Wildman–Crippen MR) is 94.8 cm³/mol. The first-order valence-corrected chi connectivity index (χ1v) is 9.44. The van der Waals surface area contributed by atoms with Crippen LogP contribution in [-0.2, 0) is 18.0 Å². The van der Waals surface area contributed by atoms with Gasteiger partial charge in [0.05, 0.1) is 5.02 Å². The predicted octanol–water partition coefficient (Wildman–Crippen LogP) is 4.04. The van der Waals surface area contributed by atoms with E-state index in [9.17, 15) is 17.4 Å². The van der Waals surface area contributed by atoms with Gasteiger partial charge in [-0.2, -0.15) is 13.9 Å². The van der Waals surface area contributed by atoms with Gasteiger partial charge in [0.1, 0.15) is 27.4 Å². The zero-order valence-electron chi connectivity index (χ0n) is 14.0. The first kappa shape index (κ1) is 20.8. The van der Waals surface area contributed by atoms with Crippen LogP contribution in [0.25, 0.3) is 11.4 Å². The van der Waals surface area contributed by atoms with Gasteiger partial charge in [0.25, 0.3) is 0 Å². The van der Waals surface area contributed by atoms with E-state index in [0.717, 1.165) is 10.7 Å². The van der Waals surface area contributed by atoms with Crippen LogP contribution in [0.15, 0.2) is 6.07 Å². The third-order valence-corrected chi connectivity index (χ3v) is 5.33. The molecule has 26 heavy (non-hydrogen) atoms. The molecule has 144 valence electrons. The molecule has 0 fully saturated rings. The Morgan fingerprint density at radius 2 is 2.00 bits per heavy atom. The molecular formula is C14H15Cl2F3N4O2S. The monoisotopic (exact) mass is 430 g/mol. The molecular weight excluding hydrogens is 416 g/mol. The van der Waals surface area contributed by atoms with Crippen molar-refractivity contribution in [2.75, 3.05) is 16.6 Å². The minimum atomic E-state index is -3.13. The molecule has 2 rings (SSSR count).